The number of alkyl halides is 2. The number of para-hydroxylation sites is 2. The van der Waals surface area contributed by atoms with Gasteiger partial charge in [-0.1, -0.05) is 24.3 Å². The number of nitrogens with one attached hydrogen (secondary N) is 1. The van der Waals surface area contributed by atoms with Crippen LogP contribution < -0.4 is 15.1 Å². The third-order valence-corrected chi connectivity index (χ3v) is 8.78. The highest BCUT2D eigenvalue weighted by Crippen LogP contribution is 2.46. The lowest BCUT2D eigenvalue weighted by Gasteiger charge is -2.46. The van der Waals surface area contributed by atoms with Gasteiger partial charge in [0.1, 0.15) is 5.82 Å². The lowest BCUT2D eigenvalue weighted by atomic mass is 9.88. The average Bonchev–Trinajstić information content (AvgIpc) is 3.03. The minimum Gasteiger partial charge on any atom is -0.381 e. The maximum absolute atomic E-state index is 14.1. The van der Waals surface area contributed by atoms with E-state index in [1.807, 2.05) is 18.2 Å². The Morgan fingerprint density at radius 1 is 1.02 bits per heavy atom. The van der Waals surface area contributed by atoms with E-state index in [1.54, 1.807) is 31.5 Å². The lowest BCUT2D eigenvalue weighted by molar-refractivity contribution is -0.114. The van der Waals surface area contributed by atoms with Crippen molar-refractivity contribution in [2.75, 3.05) is 29.3 Å². The van der Waals surface area contributed by atoms with Crippen molar-refractivity contribution in [3.05, 3.63) is 84.2 Å². The normalized spacial score (nSPS) is 23.4. The third kappa shape index (κ3) is 6.51. The van der Waals surface area contributed by atoms with Crippen LogP contribution in [0.5, 0.6) is 0 Å². The predicted octanol–water partition coefficient (Wildman–Crippen LogP) is 7.57. The van der Waals surface area contributed by atoms with Gasteiger partial charge in [0.2, 0.25) is 5.91 Å². The molecule has 0 bridgehead atoms. The number of halogens is 2. The molecule has 1 aromatic heterocycles. The number of carbonyl (C=O) groups is 1. The standard InChI is InChI=1S/C35H38F2N6O2/c1-22(44)39-34-18-13-25(21-38-34)41-28-19-32-33(20-29(28)40-24-11-16-27(45-4)17-12-24)43(31-8-6-5-7-30(31)42(32)3)26-14-9-23(10-15-26)35(2,36)37/h5-10,13-15,18,20-21,24,27,32H,11-12,16-17,19H2,1-4H3,(H,38,39,44). The summed E-state index contributed by atoms with van der Waals surface area (Å²) in [6.45, 7) is 2.36. The number of nitrogens with zero attached hydrogens (tertiary/aromatic N) is 5. The van der Waals surface area contributed by atoms with Crippen molar-refractivity contribution in [3.63, 3.8) is 0 Å². The van der Waals surface area contributed by atoms with Gasteiger partial charge in [0.15, 0.2) is 0 Å². The van der Waals surface area contributed by atoms with E-state index in [2.05, 4.69) is 45.4 Å². The monoisotopic (exact) mass is 612 g/mol. The van der Waals surface area contributed by atoms with Crippen molar-refractivity contribution in [3.8, 4) is 0 Å². The number of pyridine rings is 1. The highest BCUT2D eigenvalue weighted by atomic mass is 19.3. The Morgan fingerprint density at radius 2 is 1.73 bits per heavy atom. The van der Waals surface area contributed by atoms with E-state index in [1.165, 1.54) is 19.1 Å². The third-order valence-electron chi connectivity index (χ3n) is 8.78. The molecule has 1 atom stereocenters. The van der Waals surface area contributed by atoms with E-state index in [0.717, 1.165) is 66.8 Å². The molecular weight excluding hydrogens is 574 g/mol. The Balaban J connectivity index is 1.45. The molecule has 2 aromatic carbocycles. The van der Waals surface area contributed by atoms with E-state index >= 15 is 0 Å². The second-order valence-corrected chi connectivity index (χ2v) is 12.0. The highest BCUT2D eigenvalue weighted by Gasteiger charge is 2.39. The summed E-state index contributed by atoms with van der Waals surface area (Å²) in [7, 11) is 3.84. The summed E-state index contributed by atoms with van der Waals surface area (Å²) in [6, 6.07) is 18.3. The second-order valence-electron chi connectivity index (χ2n) is 12.0. The van der Waals surface area contributed by atoms with Crippen LogP contribution in [0.4, 0.5) is 37.3 Å². The quantitative estimate of drug-likeness (QED) is 0.311. The van der Waals surface area contributed by atoms with Crippen molar-refractivity contribution in [1.82, 2.24) is 4.98 Å². The van der Waals surface area contributed by atoms with Gasteiger partial charge in [-0.05, 0) is 68.2 Å². The zero-order valence-corrected chi connectivity index (χ0v) is 26.0. The smallest absolute Gasteiger partial charge is 0.270 e. The average molecular weight is 613 g/mol. The molecule has 10 heteroatoms. The van der Waals surface area contributed by atoms with Gasteiger partial charge in [-0.3, -0.25) is 9.79 Å². The molecule has 1 saturated carbocycles. The minimum absolute atomic E-state index is 0.0238. The van der Waals surface area contributed by atoms with Crippen LogP contribution in [0.25, 0.3) is 0 Å². The van der Waals surface area contributed by atoms with Gasteiger partial charge in [0, 0.05) is 51.4 Å². The predicted molar refractivity (Wildman–Crippen MR) is 176 cm³/mol. The van der Waals surface area contributed by atoms with Crippen LogP contribution in [-0.4, -0.2) is 54.7 Å². The van der Waals surface area contributed by atoms with Crippen LogP contribution in [0.15, 0.2) is 88.6 Å². The number of ether oxygens (including phenoxy) is 1. The Morgan fingerprint density at radius 3 is 2.36 bits per heavy atom. The van der Waals surface area contributed by atoms with E-state index in [-0.39, 0.29) is 29.7 Å². The number of allylic oxidation sites excluding steroid dienone is 1. The van der Waals surface area contributed by atoms with Crippen LogP contribution in [0.2, 0.25) is 0 Å². The summed E-state index contributed by atoms with van der Waals surface area (Å²) >= 11 is 0. The number of anilines is 4. The maximum atomic E-state index is 14.1. The Labute approximate surface area is 262 Å². The molecule has 1 unspecified atom stereocenters. The van der Waals surface area contributed by atoms with E-state index < -0.39 is 5.92 Å². The molecule has 2 heterocycles. The SMILES string of the molecule is COC1CCC(N=C2C=C3C(CC2=Nc2ccc(NC(C)=O)nc2)N(C)c2ccccc2N3c2ccc(C(C)(F)F)cc2)CC1. The van der Waals surface area contributed by atoms with Crippen LogP contribution in [0, 0.1) is 0 Å². The van der Waals surface area contributed by atoms with Crippen LogP contribution in [0.1, 0.15) is 51.5 Å². The number of likely N-dealkylation sites (N-methyl/N-ethyl adjacent to an activating group) is 1. The summed E-state index contributed by atoms with van der Waals surface area (Å²) in [6.07, 6.45) is 8.36. The molecule has 1 amide bonds. The first-order valence-corrected chi connectivity index (χ1v) is 15.3. The number of carbonyl (C=O) groups excluding carboxylic acids is 1. The van der Waals surface area contributed by atoms with Gasteiger partial charge in [0.05, 0.1) is 52.9 Å². The lowest BCUT2D eigenvalue weighted by Crippen LogP contribution is -2.48. The zero-order valence-electron chi connectivity index (χ0n) is 26.0. The molecule has 6 rings (SSSR count). The molecule has 1 N–H and O–H groups in total. The number of hydrogen-bond donors (Lipinski definition) is 1. The van der Waals surface area contributed by atoms with E-state index in [9.17, 15) is 13.6 Å². The van der Waals surface area contributed by atoms with Gasteiger partial charge >= 0.3 is 0 Å². The van der Waals surface area contributed by atoms with Gasteiger partial charge in [-0.2, -0.15) is 0 Å². The molecule has 0 spiro atoms. The summed E-state index contributed by atoms with van der Waals surface area (Å²) < 4.78 is 33.8. The van der Waals surface area contributed by atoms with Gasteiger partial charge in [-0.25, -0.2) is 18.8 Å². The molecule has 1 fully saturated rings. The van der Waals surface area contributed by atoms with E-state index in [4.69, 9.17) is 14.7 Å². The topological polar surface area (TPSA) is 82.4 Å². The summed E-state index contributed by atoms with van der Waals surface area (Å²) in [5.74, 6) is -2.65. The molecule has 0 radical (unpaired) electrons. The minimum atomic E-state index is -2.92. The summed E-state index contributed by atoms with van der Waals surface area (Å²) in [4.78, 5) is 30.6. The largest absolute Gasteiger partial charge is 0.381 e. The molecule has 0 saturated heterocycles. The first-order chi connectivity index (χ1) is 21.6. The number of amides is 1. The fourth-order valence-electron chi connectivity index (χ4n) is 6.39. The van der Waals surface area contributed by atoms with Crippen molar-refractivity contribution < 1.29 is 18.3 Å². The number of hydrogen-bond acceptors (Lipinski definition) is 7. The second kappa shape index (κ2) is 12.5. The maximum Gasteiger partial charge on any atom is 0.270 e. The van der Waals surface area contributed by atoms with Gasteiger partial charge in [-0.15, -0.1) is 0 Å². The van der Waals surface area contributed by atoms with Crippen LogP contribution in [0.3, 0.4) is 0 Å². The molecule has 234 valence electrons. The molecule has 2 aliphatic carbocycles. The first kappa shape index (κ1) is 30.6. The number of aromatic nitrogens is 1. The van der Waals surface area contributed by atoms with Crippen molar-refractivity contribution in [2.24, 2.45) is 9.98 Å². The van der Waals surface area contributed by atoms with E-state index in [0.29, 0.717) is 17.9 Å². The number of fused-ring (bicyclic) bond motifs is 2. The van der Waals surface area contributed by atoms with Crippen LogP contribution in [-0.2, 0) is 15.5 Å². The zero-order chi connectivity index (χ0) is 31.7. The number of benzene rings is 2. The van der Waals surface area contributed by atoms with Gasteiger partial charge in [0.25, 0.3) is 5.92 Å². The van der Waals surface area contributed by atoms with Crippen molar-refractivity contribution in [2.45, 2.75) is 70.1 Å². The van der Waals surface area contributed by atoms with Crippen molar-refractivity contribution in [1.29, 1.82) is 0 Å². The number of aliphatic imine (C=N–C) groups is 2. The Bertz CT molecular complexity index is 1640. The van der Waals surface area contributed by atoms with Gasteiger partial charge < -0.3 is 19.9 Å². The molecule has 3 aliphatic rings. The number of rotatable bonds is 6. The molecule has 3 aromatic rings. The Kier molecular flexibility index (Phi) is 8.50. The highest BCUT2D eigenvalue weighted by molar-refractivity contribution is 6.48. The first-order valence-electron chi connectivity index (χ1n) is 15.3. The fraction of sp³-hybridized carbons (Fsp3) is 0.371. The number of methoxy groups -OCH3 is 1. The molecular formula is C35H38F2N6O2. The summed E-state index contributed by atoms with van der Waals surface area (Å²) in [5, 5.41) is 2.70. The summed E-state index contributed by atoms with van der Waals surface area (Å²) in [5.41, 5.74) is 6.11. The Hall–Kier alpha value is -4.44. The van der Waals surface area contributed by atoms with Crippen LogP contribution >= 0.6 is 0 Å². The molecule has 45 heavy (non-hydrogen) atoms. The molecule has 8 nitrogen and oxygen atoms in total. The fourth-order valence-corrected chi connectivity index (χ4v) is 6.39. The molecule has 1 aliphatic heterocycles. The van der Waals surface area contributed by atoms with Crippen molar-refractivity contribution >= 4 is 45.9 Å².